The third kappa shape index (κ3) is 2.89. The Morgan fingerprint density at radius 2 is 2.35 bits per heavy atom. The Hall–Kier alpha value is -1.27. The number of nitrogens with zero attached hydrogens (tertiary/aromatic N) is 4. The van der Waals surface area contributed by atoms with Crippen LogP contribution in [0.1, 0.15) is 29.4 Å². The molecule has 2 aromatic heterocycles. The van der Waals surface area contributed by atoms with Crippen LogP contribution in [0.2, 0.25) is 0 Å². The van der Waals surface area contributed by atoms with Gasteiger partial charge in [0.2, 0.25) is 0 Å². The Labute approximate surface area is 105 Å². The highest BCUT2D eigenvalue weighted by Crippen LogP contribution is 2.18. The van der Waals surface area contributed by atoms with Gasteiger partial charge in [-0.05, 0) is 13.5 Å². The first-order valence-electron chi connectivity index (χ1n) is 5.69. The Morgan fingerprint density at radius 1 is 1.53 bits per heavy atom. The van der Waals surface area contributed by atoms with E-state index in [1.54, 1.807) is 11.3 Å². The minimum Gasteiger partial charge on any atom is -0.309 e. The number of nitrogens with one attached hydrogen (secondary N) is 1. The van der Waals surface area contributed by atoms with Gasteiger partial charge in [0.25, 0.3) is 0 Å². The normalized spacial score (nSPS) is 12.9. The summed E-state index contributed by atoms with van der Waals surface area (Å²) in [5.41, 5.74) is 2.22. The van der Waals surface area contributed by atoms with Gasteiger partial charge >= 0.3 is 0 Å². The fourth-order valence-electron chi connectivity index (χ4n) is 1.85. The highest BCUT2D eigenvalue weighted by Gasteiger charge is 2.16. The summed E-state index contributed by atoms with van der Waals surface area (Å²) >= 11 is 1.69. The second-order valence-electron chi connectivity index (χ2n) is 3.95. The van der Waals surface area contributed by atoms with E-state index < -0.39 is 0 Å². The molecule has 2 rings (SSSR count). The number of aromatic nitrogens is 4. The highest BCUT2D eigenvalue weighted by molar-refractivity contribution is 7.09. The molecule has 0 aliphatic carbocycles. The van der Waals surface area contributed by atoms with Crippen LogP contribution in [0, 0.1) is 6.92 Å². The van der Waals surface area contributed by atoms with Gasteiger partial charge in [0.15, 0.2) is 0 Å². The van der Waals surface area contributed by atoms with Crippen LogP contribution >= 0.6 is 11.3 Å². The molecule has 1 unspecified atom stereocenters. The van der Waals surface area contributed by atoms with E-state index in [0.29, 0.717) is 0 Å². The average molecular weight is 251 g/mol. The quantitative estimate of drug-likeness (QED) is 0.874. The summed E-state index contributed by atoms with van der Waals surface area (Å²) in [6, 6.07) is 0.224. The molecule has 0 spiro atoms. The van der Waals surface area contributed by atoms with Crippen LogP contribution in [-0.2, 0) is 13.5 Å². The largest absolute Gasteiger partial charge is 0.309 e. The number of rotatable bonds is 5. The van der Waals surface area contributed by atoms with Crippen LogP contribution in [0.5, 0.6) is 0 Å². The topological polar surface area (TPSA) is 55.6 Å². The number of hydrogen-bond acceptors (Lipinski definition) is 5. The molecule has 17 heavy (non-hydrogen) atoms. The van der Waals surface area contributed by atoms with E-state index in [0.717, 1.165) is 29.4 Å². The van der Waals surface area contributed by atoms with E-state index in [4.69, 9.17) is 0 Å². The van der Waals surface area contributed by atoms with Gasteiger partial charge in [0, 0.05) is 18.8 Å². The van der Waals surface area contributed by atoms with Crippen LogP contribution in [0.25, 0.3) is 0 Å². The first-order valence-corrected chi connectivity index (χ1v) is 6.57. The van der Waals surface area contributed by atoms with Crippen molar-refractivity contribution in [1.82, 2.24) is 25.3 Å². The maximum absolute atomic E-state index is 4.50. The molecule has 0 saturated heterocycles. The summed E-state index contributed by atoms with van der Waals surface area (Å²) < 4.78 is 1.81. The zero-order chi connectivity index (χ0) is 12.3. The van der Waals surface area contributed by atoms with E-state index in [9.17, 15) is 0 Å². The van der Waals surface area contributed by atoms with Crippen molar-refractivity contribution < 1.29 is 0 Å². The van der Waals surface area contributed by atoms with Crippen molar-refractivity contribution in [3.8, 4) is 0 Å². The molecular weight excluding hydrogens is 234 g/mol. The van der Waals surface area contributed by atoms with Crippen LogP contribution in [0.15, 0.2) is 11.6 Å². The molecule has 0 aliphatic heterocycles. The minimum absolute atomic E-state index is 0.224. The highest BCUT2D eigenvalue weighted by atomic mass is 32.1. The Balaban J connectivity index is 2.15. The lowest BCUT2D eigenvalue weighted by atomic mass is 10.1. The van der Waals surface area contributed by atoms with Gasteiger partial charge in [-0.3, -0.25) is 4.68 Å². The van der Waals surface area contributed by atoms with Gasteiger partial charge in [-0.15, -0.1) is 16.4 Å². The average Bonchev–Trinajstić information content (AvgIpc) is 2.87. The third-order valence-corrected chi connectivity index (χ3v) is 3.46. The van der Waals surface area contributed by atoms with Crippen molar-refractivity contribution in [1.29, 1.82) is 0 Å². The van der Waals surface area contributed by atoms with Crippen molar-refractivity contribution >= 4 is 11.3 Å². The van der Waals surface area contributed by atoms with Crippen molar-refractivity contribution in [3.63, 3.8) is 0 Å². The zero-order valence-corrected chi connectivity index (χ0v) is 11.2. The molecule has 0 bridgehead atoms. The van der Waals surface area contributed by atoms with Crippen molar-refractivity contribution in [3.05, 3.63) is 28.0 Å². The van der Waals surface area contributed by atoms with Crippen LogP contribution in [0.3, 0.4) is 0 Å². The third-order valence-electron chi connectivity index (χ3n) is 2.64. The summed E-state index contributed by atoms with van der Waals surface area (Å²) in [5, 5.41) is 14.6. The fraction of sp³-hybridized carbons (Fsp3) is 0.545. The monoisotopic (exact) mass is 251 g/mol. The Morgan fingerprint density at radius 3 is 2.88 bits per heavy atom. The number of aryl methyl sites for hydroxylation is 2. The molecule has 1 atom stereocenters. The maximum atomic E-state index is 4.50. The summed E-state index contributed by atoms with van der Waals surface area (Å²) in [6.07, 6.45) is 2.69. The van der Waals surface area contributed by atoms with Crippen LogP contribution in [0.4, 0.5) is 0 Å². The molecule has 6 heteroatoms. The summed E-state index contributed by atoms with van der Waals surface area (Å²) in [7, 11) is 1.92. The molecule has 0 aromatic carbocycles. The minimum atomic E-state index is 0.224. The number of thiazole rings is 1. The van der Waals surface area contributed by atoms with E-state index >= 15 is 0 Å². The second-order valence-corrected chi connectivity index (χ2v) is 5.02. The zero-order valence-electron chi connectivity index (χ0n) is 10.3. The molecule has 0 radical (unpaired) electrons. The van der Waals surface area contributed by atoms with Crippen LogP contribution in [-0.4, -0.2) is 26.5 Å². The smallest absolute Gasteiger partial charge is 0.0897 e. The molecule has 0 aliphatic rings. The van der Waals surface area contributed by atoms with E-state index in [1.165, 1.54) is 0 Å². The first-order chi connectivity index (χ1) is 8.20. The molecular formula is C11H17N5S. The van der Waals surface area contributed by atoms with Gasteiger partial charge in [0.05, 0.1) is 28.6 Å². The molecule has 92 valence electrons. The maximum Gasteiger partial charge on any atom is 0.0897 e. The predicted molar refractivity (Wildman–Crippen MR) is 68.0 cm³/mol. The summed E-state index contributed by atoms with van der Waals surface area (Å²) in [6.45, 7) is 5.05. The van der Waals surface area contributed by atoms with Gasteiger partial charge in [-0.25, -0.2) is 4.98 Å². The summed E-state index contributed by atoms with van der Waals surface area (Å²) in [4.78, 5) is 4.50. The lowest BCUT2D eigenvalue weighted by Crippen LogP contribution is -2.25. The van der Waals surface area contributed by atoms with Crippen LogP contribution < -0.4 is 5.32 Å². The lowest BCUT2D eigenvalue weighted by molar-refractivity contribution is 0.502. The summed E-state index contributed by atoms with van der Waals surface area (Å²) in [5.74, 6) is 0. The van der Waals surface area contributed by atoms with Gasteiger partial charge < -0.3 is 5.32 Å². The predicted octanol–water partition coefficient (Wildman–Crippen LogP) is 1.47. The van der Waals surface area contributed by atoms with Crippen molar-refractivity contribution in [2.75, 3.05) is 6.54 Å². The molecule has 0 amide bonds. The molecule has 2 heterocycles. The van der Waals surface area contributed by atoms with Crippen molar-refractivity contribution in [2.45, 2.75) is 26.3 Å². The van der Waals surface area contributed by atoms with Gasteiger partial charge in [-0.2, -0.15) is 0 Å². The van der Waals surface area contributed by atoms with E-state index in [1.807, 2.05) is 24.9 Å². The second kappa shape index (κ2) is 5.37. The van der Waals surface area contributed by atoms with Gasteiger partial charge in [-0.1, -0.05) is 12.1 Å². The molecule has 2 aromatic rings. The lowest BCUT2D eigenvalue weighted by Gasteiger charge is -2.16. The molecule has 0 saturated carbocycles. The standard InChI is InChI=1S/C11H17N5S/c1-4-12-10(11-6-13-15-16(11)3)5-9-7-17-8(2)14-9/h6-7,10,12H,4-5H2,1-3H3. The van der Waals surface area contributed by atoms with E-state index in [-0.39, 0.29) is 6.04 Å². The van der Waals surface area contributed by atoms with Crippen molar-refractivity contribution in [2.24, 2.45) is 7.05 Å². The molecule has 1 N–H and O–H groups in total. The van der Waals surface area contributed by atoms with E-state index in [2.05, 4.69) is 32.9 Å². The fourth-order valence-corrected chi connectivity index (χ4v) is 2.48. The van der Waals surface area contributed by atoms with Gasteiger partial charge in [0.1, 0.15) is 0 Å². The molecule has 0 fully saturated rings. The Kier molecular flexibility index (Phi) is 3.86. The number of likely N-dealkylation sites (N-methyl/N-ethyl adjacent to an activating group) is 1. The molecule has 5 nitrogen and oxygen atoms in total. The Bertz CT molecular complexity index is 476. The first kappa shape index (κ1) is 12.2. The SMILES string of the molecule is CCNC(Cc1csc(C)n1)c1cnnn1C. The number of hydrogen-bond donors (Lipinski definition) is 1.